The average Bonchev–Trinajstić information content (AvgIpc) is 3.21. The summed E-state index contributed by atoms with van der Waals surface area (Å²) in [5.41, 5.74) is 3.78. The monoisotopic (exact) mass is 500 g/mol. The zero-order valence-electron chi connectivity index (χ0n) is 20.5. The molecule has 0 saturated carbocycles. The molecule has 0 spiro atoms. The van der Waals surface area contributed by atoms with Crippen molar-refractivity contribution in [2.75, 3.05) is 7.11 Å². The largest absolute Gasteiger partial charge is 0.465 e. The molecule has 0 aliphatic heterocycles. The number of esters is 1. The smallest absolute Gasteiger partial charge is 0.449 e. The third-order valence-corrected chi connectivity index (χ3v) is 6.78. The predicted octanol–water partition coefficient (Wildman–Crippen LogP) is 5.45. The molecule has 2 atom stereocenters. The molecule has 1 heterocycles. The molecule has 1 aliphatic rings. The Kier molecular flexibility index (Phi) is 6.77. The van der Waals surface area contributed by atoms with E-state index in [-0.39, 0.29) is 6.42 Å². The Morgan fingerprint density at radius 1 is 1.08 bits per heavy atom. The number of ether oxygens (including phenoxy) is 1. The van der Waals surface area contributed by atoms with Crippen LogP contribution in [-0.2, 0) is 27.8 Å². The molecule has 0 radical (unpaired) electrons. The van der Waals surface area contributed by atoms with Crippen LogP contribution in [0.1, 0.15) is 69.7 Å². The Balaban J connectivity index is 1.97. The van der Waals surface area contributed by atoms with E-state index < -0.39 is 35.7 Å². The molecule has 3 aromatic rings. The molecule has 0 saturated heterocycles. The molecule has 9 heteroatoms. The van der Waals surface area contributed by atoms with Gasteiger partial charge in [0, 0.05) is 13.3 Å². The Morgan fingerprint density at radius 3 is 2.31 bits per heavy atom. The Morgan fingerprint density at radius 2 is 1.72 bits per heavy atom. The van der Waals surface area contributed by atoms with Crippen LogP contribution in [0.3, 0.4) is 0 Å². The summed E-state index contributed by atoms with van der Waals surface area (Å²) in [6, 6.07) is 11.1. The van der Waals surface area contributed by atoms with Gasteiger partial charge in [-0.15, -0.1) is 0 Å². The van der Waals surface area contributed by atoms with Crippen molar-refractivity contribution < 1.29 is 32.0 Å². The molecule has 0 amide bonds. The maximum atomic E-state index is 13.1. The first-order valence-corrected chi connectivity index (χ1v) is 11.7. The minimum atomic E-state index is -4.91. The average molecular weight is 501 g/mol. The molecule has 1 aliphatic carbocycles. The van der Waals surface area contributed by atoms with Crippen molar-refractivity contribution in [1.82, 2.24) is 10.1 Å². The van der Waals surface area contributed by atoms with Crippen molar-refractivity contribution in [3.05, 3.63) is 81.5 Å². The second kappa shape index (κ2) is 9.52. The summed E-state index contributed by atoms with van der Waals surface area (Å²) in [6.07, 6.45) is -4.21. The number of hydrogen-bond acceptors (Lipinski definition) is 6. The van der Waals surface area contributed by atoms with Gasteiger partial charge in [-0.3, -0.25) is 4.79 Å². The molecule has 1 aromatic heterocycles. The number of ketones is 1. The lowest BCUT2D eigenvalue weighted by Crippen LogP contribution is -2.35. The van der Waals surface area contributed by atoms with Gasteiger partial charge in [0.2, 0.25) is 11.7 Å². The first-order chi connectivity index (χ1) is 17.0. The first kappa shape index (κ1) is 25.6. The summed E-state index contributed by atoms with van der Waals surface area (Å²) >= 11 is 0. The Labute approximate surface area is 206 Å². The second-order valence-corrected chi connectivity index (χ2v) is 9.50. The van der Waals surface area contributed by atoms with E-state index in [1.54, 1.807) is 32.0 Å². The molecule has 4 rings (SSSR count). The van der Waals surface area contributed by atoms with E-state index in [0.29, 0.717) is 30.1 Å². The van der Waals surface area contributed by atoms with Crippen LogP contribution in [0.2, 0.25) is 0 Å². The number of carbonyl (C=O) groups excluding carboxylic acids is 2. The van der Waals surface area contributed by atoms with Gasteiger partial charge in [-0.25, -0.2) is 4.79 Å². The zero-order chi connectivity index (χ0) is 26.3. The van der Waals surface area contributed by atoms with Gasteiger partial charge in [-0.2, -0.15) is 18.2 Å². The number of fused-ring (bicyclic) bond motifs is 2. The number of aryl methyl sites for hydroxylation is 4. The summed E-state index contributed by atoms with van der Waals surface area (Å²) < 4.78 is 49.6. The molecule has 36 heavy (non-hydrogen) atoms. The summed E-state index contributed by atoms with van der Waals surface area (Å²) in [5.74, 6) is -2.30. The molecule has 1 unspecified atom stereocenters. The zero-order valence-corrected chi connectivity index (χ0v) is 20.5. The number of benzene rings is 2. The third-order valence-electron chi connectivity index (χ3n) is 6.78. The number of hydrogen-bond donors (Lipinski definition) is 0. The molecular formula is C27H27F3N2O4. The standard InChI is InChI=1S/C27H27F3N2O4/c1-15-5-9-21-18(11-15)6-7-19-13-20(24(34)35-4)8-10-22(19)26(21,25-31-17(3)36-32-25)14-16(2)12-23(33)27(28,29)30/h5,8-11,13,16H,6-7,12,14H2,1-4H3/t16-,26?/m1/s1. The van der Waals surface area contributed by atoms with E-state index in [4.69, 9.17) is 9.26 Å². The minimum absolute atomic E-state index is 0.133. The van der Waals surface area contributed by atoms with Crippen molar-refractivity contribution in [3.8, 4) is 0 Å². The number of carbonyl (C=O) groups is 2. The topological polar surface area (TPSA) is 82.3 Å². The maximum Gasteiger partial charge on any atom is 0.449 e. The van der Waals surface area contributed by atoms with Crippen molar-refractivity contribution in [2.24, 2.45) is 5.92 Å². The van der Waals surface area contributed by atoms with E-state index in [0.717, 1.165) is 27.8 Å². The second-order valence-electron chi connectivity index (χ2n) is 9.50. The van der Waals surface area contributed by atoms with Crippen molar-refractivity contribution in [1.29, 1.82) is 0 Å². The van der Waals surface area contributed by atoms with Crippen LogP contribution in [0.5, 0.6) is 0 Å². The number of methoxy groups -OCH3 is 1. The van der Waals surface area contributed by atoms with Crippen LogP contribution in [0, 0.1) is 19.8 Å². The van der Waals surface area contributed by atoms with Crippen LogP contribution in [0.25, 0.3) is 0 Å². The summed E-state index contributed by atoms with van der Waals surface area (Å²) in [7, 11) is 1.30. The predicted molar refractivity (Wildman–Crippen MR) is 125 cm³/mol. The van der Waals surface area contributed by atoms with E-state index in [2.05, 4.69) is 16.2 Å². The van der Waals surface area contributed by atoms with Crippen LogP contribution >= 0.6 is 0 Å². The first-order valence-electron chi connectivity index (χ1n) is 11.7. The van der Waals surface area contributed by atoms with Gasteiger partial charge in [0.15, 0.2) is 5.82 Å². The molecular weight excluding hydrogens is 473 g/mol. The van der Waals surface area contributed by atoms with E-state index in [1.807, 2.05) is 19.1 Å². The molecule has 2 aromatic carbocycles. The molecule has 0 bridgehead atoms. The molecule has 0 fully saturated rings. The van der Waals surface area contributed by atoms with Crippen LogP contribution in [0.15, 0.2) is 40.9 Å². The lowest BCUT2D eigenvalue weighted by molar-refractivity contribution is -0.172. The number of halogens is 3. The van der Waals surface area contributed by atoms with Crippen molar-refractivity contribution in [3.63, 3.8) is 0 Å². The number of rotatable bonds is 6. The summed E-state index contributed by atoms with van der Waals surface area (Å²) in [5, 5.41) is 4.24. The van der Waals surface area contributed by atoms with E-state index in [9.17, 15) is 22.8 Å². The number of alkyl halides is 3. The molecule has 0 N–H and O–H groups in total. The SMILES string of the molecule is COC(=O)c1ccc2c(c1)CCc1cc(C)ccc1C2(C[C@H](C)CC(=O)C(F)(F)F)c1noc(C)n1. The maximum absolute atomic E-state index is 13.1. The summed E-state index contributed by atoms with van der Waals surface area (Å²) in [4.78, 5) is 28.7. The van der Waals surface area contributed by atoms with Crippen LogP contribution in [0.4, 0.5) is 13.2 Å². The van der Waals surface area contributed by atoms with Crippen LogP contribution < -0.4 is 0 Å². The van der Waals surface area contributed by atoms with Crippen molar-refractivity contribution >= 4 is 11.8 Å². The number of aromatic nitrogens is 2. The highest BCUT2D eigenvalue weighted by molar-refractivity contribution is 5.89. The Hall–Kier alpha value is -3.49. The van der Waals surface area contributed by atoms with E-state index in [1.165, 1.54) is 7.11 Å². The molecule has 190 valence electrons. The highest BCUT2D eigenvalue weighted by Gasteiger charge is 2.47. The lowest BCUT2D eigenvalue weighted by Gasteiger charge is -2.36. The van der Waals surface area contributed by atoms with Gasteiger partial charge in [0.25, 0.3) is 0 Å². The van der Waals surface area contributed by atoms with Gasteiger partial charge in [-0.1, -0.05) is 41.9 Å². The highest BCUT2D eigenvalue weighted by atomic mass is 19.4. The Bertz CT molecular complexity index is 1310. The molecule has 6 nitrogen and oxygen atoms in total. The fourth-order valence-corrected chi connectivity index (χ4v) is 5.27. The quantitative estimate of drug-likeness (QED) is 0.419. The summed E-state index contributed by atoms with van der Waals surface area (Å²) in [6.45, 7) is 5.24. The van der Waals surface area contributed by atoms with Gasteiger partial charge >= 0.3 is 12.1 Å². The number of Topliss-reactive ketones (excluding diaryl/α,β-unsaturated/α-hetero) is 1. The highest BCUT2D eigenvalue weighted by Crippen LogP contribution is 2.48. The fourth-order valence-electron chi connectivity index (χ4n) is 5.27. The number of nitrogens with zero attached hydrogens (tertiary/aromatic N) is 2. The van der Waals surface area contributed by atoms with Gasteiger partial charge in [0.1, 0.15) is 0 Å². The van der Waals surface area contributed by atoms with E-state index >= 15 is 0 Å². The van der Waals surface area contributed by atoms with Gasteiger partial charge < -0.3 is 9.26 Å². The van der Waals surface area contributed by atoms with Crippen molar-refractivity contribution in [2.45, 2.75) is 58.0 Å². The van der Waals surface area contributed by atoms with Gasteiger partial charge in [0.05, 0.1) is 18.1 Å². The lowest BCUT2D eigenvalue weighted by atomic mass is 9.66. The normalized spacial score (nSPS) is 18.1. The van der Waals surface area contributed by atoms with Crippen LogP contribution in [-0.4, -0.2) is 35.2 Å². The third kappa shape index (κ3) is 4.66. The fraction of sp³-hybridized carbons (Fsp3) is 0.407. The van der Waals surface area contributed by atoms with Gasteiger partial charge in [-0.05, 0) is 66.5 Å². The minimum Gasteiger partial charge on any atom is -0.465 e.